The Bertz CT molecular complexity index is 549. The lowest BCUT2D eigenvalue weighted by Crippen LogP contribution is -2.46. The van der Waals surface area contributed by atoms with Crippen LogP contribution in [0.5, 0.6) is 0 Å². The fourth-order valence-electron chi connectivity index (χ4n) is 2.86. The number of nitrogens with zero attached hydrogens (tertiary/aromatic N) is 3. The number of hydrogen-bond acceptors (Lipinski definition) is 5. The quantitative estimate of drug-likeness (QED) is 0.890. The van der Waals surface area contributed by atoms with Crippen LogP contribution in [0, 0.1) is 0 Å². The molecule has 0 unspecified atom stereocenters. The van der Waals surface area contributed by atoms with Gasteiger partial charge in [-0.2, -0.15) is 0 Å². The number of likely N-dealkylation sites (tertiary alicyclic amines) is 1. The second-order valence-electron chi connectivity index (χ2n) is 5.78. The minimum Gasteiger partial charge on any atom is -0.453 e. The molecular formula is C17H26N4O3. The lowest BCUT2D eigenvalue weighted by molar-refractivity contribution is 0.0892. The van der Waals surface area contributed by atoms with Crippen LogP contribution in [0.15, 0.2) is 18.3 Å². The zero-order valence-electron chi connectivity index (χ0n) is 14.6. The Balaban J connectivity index is 1.88. The number of ether oxygens (including phenoxy) is 1. The summed E-state index contributed by atoms with van der Waals surface area (Å²) >= 11 is 0. The number of piperidine rings is 1. The van der Waals surface area contributed by atoms with Gasteiger partial charge in [0.1, 0.15) is 5.82 Å². The normalized spacial score (nSPS) is 15.0. The third kappa shape index (κ3) is 4.37. The number of carbonyl (C=O) groups is 2. The van der Waals surface area contributed by atoms with Crippen LogP contribution in [-0.2, 0) is 4.74 Å². The predicted octanol–water partition coefficient (Wildman–Crippen LogP) is 1.89. The maximum Gasteiger partial charge on any atom is 0.409 e. The van der Waals surface area contributed by atoms with Gasteiger partial charge in [-0.1, -0.05) is 0 Å². The fourth-order valence-corrected chi connectivity index (χ4v) is 2.86. The van der Waals surface area contributed by atoms with E-state index in [0.29, 0.717) is 18.7 Å². The third-order valence-electron chi connectivity index (χ3n) is 4.36. The monoisotopic (exact) mass is 334 g/mol. The van der Waals surface area contributed by atoms with Crippen LogP contribution in [0.3, 0.4) is 0 Å². The predicted molar refractivity (Wildman–Crippen MR) is 92.3 cm³/mol. The van der Waals surface area contributed by atoms with Crippen molar-refractivity contribution in [1.29, 1.82) is 0 Å². The van der Waals surface area contributed by atoms with Crippen LogP contribution >= 0.6 is 0 Å². The summed E-state index contributed by atoms with van der Waals surface area (Å²) in [4.78, 5) is 32.0. The van der Waals surface area contributed by atoms with Gasteiger partial charge in [0.15, 0.2) is 0 Å². The van der Waals surface area contributed by atoms with E-state index in [4.69, 9.17) is 4.74 Å². The molecule has 0 radical (unpaired) electrons. The number of nitrogens with one attached hydrogen (secondary N) is 1. The zero-order chi connectivity index (χ0) is 17.5. The minimum atomic E-state index is -0.309. The zero-order valence-corrected chi connectivity index (χ0v) is 14.6. The van der Waals surface area contributed by atoms with Crippen molar-refractivity contribution in [2.24, 2.45) is 0 Å². The molecule has 2 heterocycles. The molecule has 0 aromatic carbocycles. The first-order valence-corrected chi connectivity index (χ1v) is 8.43. The molecule has 1 N–H and O–H groups in total. The average Bonchev–Trinajstić information content (AvgIpc) is 2.63. The maximum absolute atomic E-state index is 12.3. The Morgan fingerprint density at radius 3 is 2.46 bits per heavy atom. The second kappa shape index (κ2) is 8.52. The molecule has 7 heteroatoms. The van der Waals surface area contributed by atoms with Crippen LogP contribution in [-0.4, -0.2) is 61.2 Å². The topological polar surface area (TPSA) is 74.8 Å². The highest BCUT2D eigenvalue weighted by Crippen LogP contribution is 2.14. The molecule has 0 aliphatic carbocycles. The van der Waals surface area contributed by atoms with Crippen LogP contribution in [0.4, 0.5) is 10.6 Å². The van der Waals surface area contributed by atoms with Crippen LogP contribution in [0.1, 0.15) is 37.0 Å². The van der Waals surface area contributed by atoms with Crippen LogP contribution in [0.2, 0.25) is 0 Å². The smallest absolute Gasteiger partial charge is 0.409 e. The number of rotatable bonds is 5. The van der Waals surface area contributed by atoms with Gasteiger partial charge in [0, 0.05) is 38.4 Å². The second-order valence-corrected chi connectivity index (χ2v) is 5.78. The van der Waals surface area contributed by atoms with E-state index >= 15 is 0 Å². The molecule has 132 valence electrons. The number of carbonyl (C=O) groups excluding carboxylic acids is 2. The van der Waals surface area contributed by atoms with Crippen LogP contribution in [0.25, 0.3) is 0 Å². The molecular weight excluding hydrogens is 308 g/mol. The van der Waals surface area contributed by atoms with Crippen molar-refractivity contribution in [3.63, 3.8) is 0 Å². The van der Waals surface area contributed by atoms with Crippen LogP contribution < -0.4 is 10.2 Å². The Hall–Kier alpha value is -2.31. The van der Waals surface area contributed by atoms with Crippen molar-refractivity contribution in [3.8, 4) is 0 Å². The van der Waals surface area contributed by atoms with Gasteiger partial charge in [0.05, 0.1) is 12.7 Å². The van der Waals surface area contributed by atoms with Gasteiger partial charge in [-0.3, -0.25) is 4.79 Å². The molecule has 0 bridgehead atoms. The summed E-state index contributed by atoms with van der Waals surface area (Å²) in [6, 6.07) is 3.75. The van der Waals surface area contributed by atoms with Crippen molar-refractivity contribution >= 4 is 17.8 Å². The van der Waals surface area contributed by atoms with Gasteiger partial charge in [0.2, 0.25) is 0 Å². The third-order valence-corrected chi connectivity index (χ3v) is 4.36. The number of amides is 2. The Kier molecular flexibility index (Phi) is 6.40. The van der Waals surface area contributed by atoms with Crippen molar-refractivity contribution < 1.29 is 14.3 Å². The standard InChI is InChI=1S/C17H26N4O3/c1-4-20(5-2)15-7-6-13(12-18-15)16(22)19-14-8-10-21(11-9-14)17(23)24-3/h6-7,12,14H,4-5,8-11H2,1-3H3,(H,19,22). The van der Waals surface area contributed by atoms with Crippen molar-refractivity contribution in [2.75, 3.05) is 38.2 Å². The molecule has 2 rings (SSSR count). The summed E-state index contributed by atoms with van der Waals surface area (Å²) in [7, 11) is 1.38. The highest BCUT2D eigenvalue weighted by molar-refractivity contribution is 5.94. The number of pyridine rings is 1. The SMILES string of the molecule is CCN(CC)c1ccc(C(=O)NC2CCN(C(=O)OC)CC2)cn1. The Morgan fingerprint density at radius 1 is 1.29 bits per heavy atom. The molecule has 24 heavy (non-hydrogen) atoms. The summed E-state index contributed by atoms with van der Waals surface area (Å²) < 4.78 is 4.71. The molecule has 1 aliphatic heterocycles. The summed E-state index contributed by atoms with van der Waals surface area (Å²) in [5.74, 6) is 0.757. The molecule has 0 atom stereocenters. The molecule has 1 fully saturated rings. The van der Waals surface area contributed by atoms with E-state index in [1.54, 1.807) is 17.2 Å². The van der Waals surface area contributed by atoms with Gasteiger partial charge in [-0.15, -0.1) is 0 Å². The Labute approximate surface area is 143 Å². The van der Waals surface area contributed by atoms with Gasteiger partial charge in [-0.25, -0.2) is 9.78 Å². The summed E-state index contributed by atoms with van der Waals surface area (Å²) in [6.07, 6.45) is 2.76. The lowest BCUT2D eigenvalue weighted by Gasteiger charge is -2.31. The largest absolute Gasteiger partial charge is 0.453 e. The highest BCUT2D eigenvalue weighted by Gasteiger charge is 2.24. The number of anilines is 1. The first-order chi connectivity index (χ1) is 11.6. The molecule has 0 spiro atoms. The molecule has 2 amide bonds. The molecule has 1 aromatic heterocycles. The van der Waals surface area contributed by atoms with Gasteiger partial charge in [-0.05, 0) is 38.8 Å². The van der Waals surface area contributed by atoms with Gasteiger partial charge >= 0.3 is 6.09 Å². The fraction of sp³-hybridized carbons (Fsp3) is 0.588. The molecule has 1 aliphatic rings. The van der Waals surface area contributed by atoms with Crippen molar-refractivity contribution in [2.45, 2.75) is 32.7 Å². The Morgan fingerprint density at radius 2 is 1.96 bits per heavy atom. The van der Waals surface area contributed by atoms with E-state index in [2.05, 4.69) is 29.0 Å². The minimum absolute atomic E-state index is 0.0702. The molecule has 1 aromatic rings. The lowest BCUT2D eigenvalue weighted by atomic mass is 10.0. The van der Waals surface area contributed by atoms with E-state index in [1.165, 1.54) is 7.11 Å². The summed E-state index contributed by atoms with van der Waals surface area (Å²) in [6.45, 7) is 7.11. The van der Waals surface area contributed by atoms with E-state index < -0.39 is 0 Å². The van der Waals surface area contributed by atoms with E-state index in [9.17, 15) is 9.59 Å². The van der Waals surface area contributed by atoms with Crippen molar-refractivity contribution in [1.82, 2.24) is 15.2 Å². The maximum atomic E-state index is 12.3. The van der Waals surface area contributed by atoms with Crippen molar-refractivity contribution in [3.05, 3.63) is 23.9 Å². The van der Waals surface area contributed by atoms with Gasteiger partial charge in [0.25, 0.3) is 5.91 Å². The number of hydrogen-bond donors (Lipinski definition) is 1. The summed E-state index contributed by atoms with van der Waals surface area (Å²) in [5, 5.41) is 3.02. The highest BCUT2D eigenvalue weighted by atomic mass is 16.5. The van der Waals surface area contributed by atoms with E-state index in [0.717, 1.165) is 31.7 Å². The van der Waals surface area contributed by atoms with E-state index in [1.807, 2.05) is 6.07 Å². The average molecular weight is 334 g/mol. The molecule has 7 nitrogen and oxygen atoms in total. The first kappa shape index (κ1) is 18.0. The first-order valence-electron chi connectivity index (χ1n) is 8.43. The van der Waals surface area contributed by atoms with E-state index in [-0.39, 0.29) is 18.0 Å². The molecule has 1 saturated heterocycles. The number of methoxy groups -OCH3 is 1. The van der Waals surface area contributed by atoms with Gasteiger partial charge < -0.3 is 19.9 Å². The number of aromatic nitrogens is 1. The summed E-state index contributed by atoms with van der Waals surface area (Å²) in [5.41, 5.74) is 0.557. The molecule has 0 saturated carbocycles.